The number of para-hydroxylation sites is 1. The van der Waals surface area contributed by atoms with Gasteiger partial charge >= 0.3 is 0 Å². The van der Waals surface area contributed by atoms with Crippen molar-refractivity contribution in [2.45, 2.75) is 38.6 Å². The fourth-order valence-corrected chi connectivity index (χ4v) is 3.75. The second-order valence-corrected chi connectivity index (χ2v) is 7.75. The summed E-state index contributed by atoms with van der Waals surface area (Å²) in [6.07, 6.45) is 6.25. The SMILES string of the molecule is CN(CCCNC(=O)c1ccc(CN2CCCCCC2)cc1)c1ccccc1. The summed E-state index contributed by atoms with van der Waals surface area (Å²) in [5.41, 5.74) is 3.24. The molecule has 150 valence electrons. The highest BCUT2D eigenvalue weighted by Gasteiger charge is 2.10. The minimum atomic E-state index is 0.0173. The van der Waals surface area contributed by atoms with E-state index in [-0.39, 0.29) is 5.91 Å². The Hall–Kier alpha value is -2.33. The molecule has 0 bridgehead atoms. The number of amides is 1. The van der Waals surface area contributed by atoms with Crippen LogP contribution in [0.1, 0.15) is 48.0 Å². The maximum atomic E-state index is 12.4. The minimum Gasteiger partial charge on any atom is -0.375 e. The number of hydrogen-bond acceptors (Lipinski definition) is 3. The summed E-state index contributed by atoms with van der Waals surface area (Å²) in [4.78, 5) is 17.1. The number of nitrogens with one attached hydrogen (secondary N) is 1. The molecular weight excluding hydrogens is 346 g/mol. The summed E-state index contributed by atoms with van der Waals surface area (Å²) in [7, 11) is 2.08. The number of carbonyl (C=O) groups excluding carboxylic acids is 1. The van der Waals surface area contributed by atoms with Crippen LogP contribution in [0.5, 0.6) is 0 Å². The predicted molar refractivity (Wildman–Crippen MR) is 117 cm³/mol. The van der Waals surface area contributed by atoms with Crippen LogP contribution in [0, 0.1) is 0 Å². The molecule has 3 rings (SSSR count). The molecule has 4 nitrogen and oxygen atoms in total. The third-order valence-corrected chi connectivity index (χ3v) is 5.47. The van der Waals surface area contributed by atoms with Gasteiger partial charge in [0.05, 0.1) is 0 Å². The number of hydrogen-bond donors (Lipinski definition) is 1. The van der Waals surface area contributed by atoms with Crippen LogP contribution in [0.3, 0.4) is 0 Å². The highest BCUT2D eigenvalue weighted by molar-refractivity contribution is 5.94. The highest BCUT2D eigenvalue weighted by atomic mass is 16.1. The molecule has 1 aliphatic heterocycles. The zero-order chi connectivity index (χ0) is 19.6. The van der Waals surface area contributed by atoms with Crippen molar-refractivity contribution in [1.29, 1.82) is 0 Å². The first-order valence-corrected chi connectivity index (χ1v) is 10.6. The van der Waals surface area contributed by atoms with Gasteiger partial charge in [-0.25, -0.2) is 0 Å². The Kier molecular flexibility index (Phi) is 7.92. The fourth-order valence-electron chi connectivity index (χ4n) is 3.75. The summed E-state index contributed by atoms with van der Waals surface area (Å²) >= 11 is 0. The largest absolute Gasteiger partial charge is 0.375 e. The third-order valence-electron chi connectivity index (χ3n) is 5.47. The molecule has 28 heavy (non-hydrogen) atoms. The summed E-state index contributed by atoms with van der Waals surface area (Å²) in [6.45, 7) is 4.98. The molecule has 1 saturated heterocycles. The predicted octanol–water partition coefficient (Wildman–Crippen LogP) is 4.32. The molecule has 0 saturated carbocycles. The topological polar surface area (TPSA) is 35.6 Å². The van der Waals surface area contributed by atoms with Gasteiger partial charge in [-0.2, -0.15) is 0 Å². The Morgan fingerprint density at radius 1 is 0.964 bits per heavy atom. The van der Waals surface area contributed by atoms with Crippen LogP contribution in [0.25, 0.3) is 0 Å². The van der Waals surface area contributed by atoms with Crippen LogP contribution in [0.4, 0.5) is 5.69 Å². The van der Waals surface area contributed by atoms with Crippen molar-refractivity contribution in [1.82, 2.24) is 10.2 Å². The summed E-state index contributed by atoms with van der Waals surface area (Å²) < 4.78 is 0. The van der Waals surface area contributed by atoms with E-state index in [9.17, 15) is 4.79 Å². The normalized spacial score (nSPS) is 15.0. The Morgan fingerprint density at radius 2 is 1.64 bits per heavy atom. The average Bonchev–Trinajstić information content (AvgIpc) is 3.01. The van der Waals surface area contributed by atoms with Gasteiger partial charge in [-0.3, -0.25) is 9.69 Å². The molecule has 0 aliphatic carbocycles. The first-order chi connectivity index (χ1) is 13.7. The van der Waals surface area contributed by atoms with Gasteiger partial charge in [-0.1, -0.05) is 43.2 Å². The molecule has 0 unspecified atom stereocenters. The van der Waals surface area contributed by atoms with Crippen LogP contribution in [-0.4, -0.2) is 44.0 Å². The lowest BCUT2D eigenvalue weighted by Crippen LogP contribution is -2.28. The monoisotopic (exact) mass is 379 g/mol. The van der Waals surface area contributed by atoms with Crippen molar-refractivity contribution in [3.63, 3.8) is 0 Å². The smallest absolute Gasteiger partial charge is 0.251 e. The molecule has 2 aromatic carbocycles. The number of rotatable bonds is 8. The molecule has 0 spiro atoms. The van der Waals surface area contributed by atoms with Gasteiger partial charge in [0.1, 0.15) is 0 Å². The van der Waals surface area contributed by atoms with Gasteiger partial charge in [-0.05, 0) is 62.2 Å². The number of likely N-dealkylation sites (tertiary alicyclic amines) is 1. The second kappa shape index (κ2) is 10.9. The van der Waals surface area contributed by atoms with Crippen LogP contribution < -0.4 is 10.2 Å². The van der Waals surface area contributed by atoms with E-state index in [2.05, 4.69) is 46.4 Å². The number of benzene rings is 2. The van der Waals surface area contributed by atoms with Crippen molar-refractivity contribution in [2.24, 2.45) is 0 Å². The lowest BCUT2D eigenvalue weighted by Gasteiger charge is -2.20. The fraction of sp³-hybridized carbons (Fsp3) is 0.458. The van der Waals surface area contributed by atoms with Crippen molar-refractivity contribution >= 4 is 11.6 Å². The molecule has 1 heterocycles. The summed E-state index contributed by atoms with van der Waals surface area (Å²) in [5.74, 6) is 0.0173. The van der Waals surface area contributed by atoms with Crippen LogP contribution >= 0.6 is 0 Å². The number of nitrogens with zero attached hydrogens (tertiary/aromatic N) is 2. The standard InChI is InChI=1S/C24H33N3O/c1-26(23-10-5-4-6-11-23)17-9-16-25-24(28)22-14-12-21(13-15-22)20-27-18-7-2-3-8-19-27/h4-6,10-15H,2-3,7-9,16-20H2,1H3,(H,25,28). The summed E-state index contributed by atoms with van der Waals surface area (Å²) in [5, 5.41) is 3.04. The molecule has 1 fully saturated rings. The van der Waals surface area contributed by atoms with Crippen LogP contribution in [0.2, 0.25) is 0 Å². The van der Waals surface area contributed by atoms with Crippen LogP contribution in [0.15, 0.2) is 54.6 Å². The zero-order valence-electron chi connectivity index (χ0n) is 17.1. The van der Waals surface area contributed by atoms with Gasteiger partial charge in [0.15, 0.2) is 0 Å². The Bertz CT molecular complexity index is 706. The third kappa shape index (κ3) is 6.38. The van der Waals surface area contributed by atoms with E-state index < -0.39 is 0 Å². The average molecular weight is 380 g/mol. The van der Waals surface area contributed by atoms with Crippen molar-refractivity contribution in [2.75, 3.05) is 38.1 Å². The van der Waals surface area contributed by atoms with Gasteiger partial charge in [0.2, 0.25) is 0 Å². The molecule has 0 aromatic heterocycles. The molecule has 1 aliphatic rings. The maximum Gasteiger partial charge on any atom is 0.251 e. The first-order valence-electron chi connectivity index (χ1n) is 10.6. The highest BCUT2D eigenvalue weighted by Crippen LogP contribution is 2.14. The Morgan fingerprint density at radius 3 is 2.32 bits per heavy atom. The van der Waals surface area contributed by atoms with E-state index >= 15 is 0 Å². The first kappa shape index (κ1) is 20.4. The van der Waals surface area contributed by atoms with E-state index in [0.717, 1.165) is 25.1 Å². The quantitative estimate of drug-likeness (QED) is 0.694. The molecule has 2 aromatic rings. The van der Waals surface area contributed by atoms with Crippen molar-refractivity contribution in [3.8, 4) is 0 Å². The van der Waals surface area contributed by atoms with E-state index in [4.69, 9.17) is 0 Å². The summed E-state index contributed by atoms with van der Waals surface area (Å²) in [6, 6.07) is 18.4. The van der Waals surface area contributed by atoms with E-state index in [1.807, 2.05) is 30.3 Å². The van der Waals surface area contributed by atoms with E-state index in [1.165, 1.54) is 50.0 Å². The van der Waals surface area contributed by atoms with Gasteiger partial charge in [0, 0.05) is 37.9 Å². The molecule has 4 heteroatoms. The van der Waals surface area contributed by atoms with Crippen molar-refractivity contribution in [3.05, 3.63) is 65.7 Å². The number of carbonyl (C=O) groups is 1. The molecular formula is C24H33N3O. The maximum absolute atomic E-state index is 12.4. The second-order valence-electron chi connectivity index (χ2n) is 7.75. The van der Waals surface area contributed by atoms with Gasteiger partial charge in [0.25, 0.3) is 5.91 Å². The van der Waals surface area contributed by atoms with Gasteiger partial charge < -0.3 is 10.2 Å². The molecule has 0 radical (unpaired) electrons. The Labute approximate surface area is 169 Å². The molecule has 0 atom stereocenters. The van der Waals surface area contributed by atoms with Crippen molar-refractivity contribution < 1.29 is 4.79 Å². The zero-order valence-corrected chi connectivity index (χ0v) is 17.1. The van der Waals surface area contributed by atoms with Crippen LogP contribution in [-0.2, 0) is 6.54 Å². The molecule has 1 amide bonds. The molecule has 1 N–H and O–H groups in total. The van der Waals surface area contributed by atoms with E-state index in [1.54, 1.807) is 0 Å². The van der Waals surface area contributed by atoms with Gasteiger partial charge in [-0.15, -0.1) is 0 Å². The number of anilines is 1. The lowest BCUT2D eigenvalue weighted by atomic mass is 10.1. The van der Waals surface area contributed by atoms with E-state index in [0.29, 0.717) is 6.54 Å². The lowest BCUT2D eigenvalue weighted by molar-refractivity contribution is 0.0953. The Balaban J connectivity index is 1.39. The minimum absolute atomic E-state index is 0.0173.